The molecule has 2 heterocycles. The highest BCUT2D eigenvalue weighted by Crippen LogP contribution is 2.28. The van der Waals surface area contributed by atoms with E-state index in [4.69, 9.17) is 21.1 Å². The summed E-state index contributed by atoms with van der Waals surface area (Å²) in [6.07, 6.45) is 0. The molecular weight excluding hydrogens is 282 g/mol. The van der Waals surface area contributed by atoms with Crippen LogP contribution in [-0.2, 0) is 17.9 Å². The molecule has 3 rings (SSSR count). The third kappa shape index (κ3) is 2.22. The number of fused-ring (bicyclic) bond motifs is 2. The van der Waals surface area contributed by atoms with Crippen LogP contribution >= 0.6 is 11.6 Å². The molecule has 0 saturated carbocycles. The lowest BCUT2D eigenvalue weighted by Crippen LogP contribution is -2.11. The summed E-state index contributed by atoms with van der Waals surface area (Å²) in [7, 11) is 0. The number of nitrogens with zero attached hydrogens (tertiary/aromatic N) is 3. The first kappa shape index (κ1) is 12.9. The van der Waals surface area contributed by atoms with E-state index < -0.39 is 5.97 Å². The van der Waals surface area contributed by atoms with Gasteiger partial charge in [0.05, 0.1) is 13.2 Å². The van der Waals surface area contributed by atoms with E-state index in [9.17, 15) is 4.79 Å². The highest BCUT2D eigenvalue weighted by Gasteiger charge is 2.24. The van der Waals surface area contributed by atoms with Gasteiger partial charge in [0, 0.05) is 10.6 Å². The monoisotopic (exact) mass is 293 g/mol. The van der Waals surface area contributed by atoms with E-state index in [0.29, 0.717) is 23.9 Å². The van der Waals surface area contributed by atoms with Crippen molar-refractivity contribution in [2.45, 2.75) is 20.1 Å². The van der Waals surface area contributed by atoms with Crippen molar-refractivity contribution in [2.24, 2.45) is 0 Å². The van der Waals surface area contributed by atoms with Gasteiger partial charge in [-0.05, 0) is 25.1 Å². The van der Waals surface area contributed by atoms with Crippen LogP contribution in [0.1, 0.15) is 28.7 Å². The molecule has 6 nitrogen and oxygen atoms in total. The van der Waals surface area contributed by atoms with Crippen LogP contribution in [0.5, 0.6) is 5.75 Å². The lowest BCUT2D eigenvalue weighted by Gasteiger charge is -2.06. The average Bonchev–Trinajstić information content (AvgIpc) is 2.73. The SMILES string of the molecule is CCOC(=O)c1nnn2c1COc1ccc(Cl)cc1C2. The first-order valence-corrected chi connectivity index (χ1v) is 6.57. The topological polar surface area (TPSA) is 66.2 Å². The van der Waals surface area contributed by atoms with Gasteiger partial charge in [0.2, 0.25) is 0 Å². The van der Waals surface area contributed by atoms with Crippen LogP contribution in [-0.4, -0.2) is 27.6 Å². The third-order valence-corrected chi connectivity index (χ3v) is 3.25. The minimum Gasteiger partial charge on any atom is -0.487 e. The fourth-order valence-electron chi connectivity index (χ4n) is 2.08. The number of hydrogen-bond acceptors (Lipinski definition) is 5. The summed E-state index contributed by atoms with van der Waals surface area (Å²) in [5.74, 6) is 0.246. The molecule has 0 radical (unpaired) electrons. The molecule has 7 heteroatoms. The molecule has 2 aromatic rings. The smallest absolute Gasteiger partial charge is 0.360 e. The first-order chi connectivity index (χ1) is 9.69. The quantitative estimate of drug-likeness (QED) is 0.793. The molecule has 0 unspecified atom stereocenters. The summed E-state index contributed by atoms with van der Waals surface area (Å²) < 4.78 is 12.3. The molecule has 0 fully saturated rings. The van der Waals surface area contributed by atoms with Crippen LogP contribution in [0, 0.1) is 0 Å². The maximum Gasteiger partial charge on any atom is 0.360 e. The van der Waals surface area contributed by atoms with Crippen molar-refractivity contribution in [3.63, 3.8) is 0 Å². The number of ether oxygens (including phenoxy) is 2. The van der Waals surface area contributed by atoms with Gasteiger partial charge in [0.1, 0.15) is 18.1 Å². The number of carbonyl (C=O) groups is 1. The van der Waals surface area contributed by atoms with Gasteiger partial charge >= 0.3 is 5.97 Å². The van der Waals surface area contributed by atoms with Crippen molar-refractivity contribution in [3.05, 3.63) is 40.2 Å². The number of rotatable bonds is 2. The van der Waals surface area contributed by atoms with Gasteiger partial charge in [0.25, 0.3) is 0 Å². The van der Waals surface area contributed by atoms with Crippen molar-refractivity contribution in [2.75, 3.05) is 6.61 Å². The Morgan fingerprint density at radius 2 is 2.40 bits per heavy atom. The van der Waals surface area contributed by atoms with Crippen molar-refractivity contribution < 1.29 is 14.3 Å². The van der Waals surface area contributed by atoms with Crippen LogP contribution in [0.4, 0.5) is 0 Å². The van der Waals surface area contributed by atoms with E-state index >= 15 is 0 Å². The molecule has 1 aliphatic rings. The molecule has 0 N–H and O–H groups in total. The molecule has 0 bridgehead atoms. The highest BCUT2D eigenvalue weighted by atomic mass is 35.5. The van der Waals surface area contributed by atoms with Gasteiger partial charge in [-0.1, -0.05) is 16.8 Å². The maximum absolute atomic E-state index is 11.8. The van der Waals surface area contributed by atoms with Crippen molar-refractivity contribution in [3.8, 4) is 5.75 Å². The highest BCUT2D eigenvalue weighted by molar-refractivity contribution is 6.30. The summed E-state index contributed by atoms with van der Waals surface area (Å²) in [5, 5.41) is 8.50. The Morgan fingerprint density at radius 1 is 1.55 bits per heavy atom. The summed E-state index contributed by atoms with van der Waals surface area (Å²) in [6.45, 7) is 2.71. The van der Waals surface area contributed by atoms with E-state index in [0.717, 1.165) is 11.3 Å². The van der Waals surface area contributed by atoms with Crippen molar-refractivity contribution in [1.29, 1.82) is 0 Å². The Labute approximate surface area is 120 Å². The second-order valence-corrected chi connectivity index (χ2v) is 4.74. The fraction of sp³-hybridized carbons (Fsp3) is 0.308. The summed E-state index contributed by atoms with van der Waals surface area (Å²) >= 11 is 5.98. The van der Waals surface area contributed by atoms with Gasteiger partial charge in [-0.2, -0.15) is 0 Å². The van der Waals surface area contributed by atoms with Crippen molar-refractivity contribution >= 4 is 17.6 Å². The Bertz CT molecular complexity index is 669. The molecular formula is C13H12ClN3O3. The zero-order valence-corrected chi connectivity index (χ0v) is 11.6. The molecule has 0 atom stereocenters. The van der Waals surface area contributed by atoms with E-state index in [1.165, 1.54) is 0 Å². The lowest BCUT2D eigenvalue weighted by molar-refractivity contribution is 0.0516. The van der Waals surface area contributed by atoms with Crippen LogP contribution in [0.15, 0.2) is 18.2 Å². The lowest BCUT2D eigenvalue weighted by atomic mass is 10.2. The third-order valence-electron chi connectivity index (χ3n) is 3.01. The second kappa shape index (κ2) is 5.13. The predicted molar refractivity (Wildman–Crippen MR) is 70.9 cm³/mol. The first-order valence-electron chi connectivity index (χ1n) is 6.19. The molecule has 1 aromatic heterocycles. The number of halogens is 1. The zero-order valence-electron chi connectivity index (χ0n) is 10.8. The molecule has 0 saturated heterocycles. The summed E-state index contributed by atoms with van der Waals surface area (Å²) in [6, 6.07) is 5.39. The van der Waals surface area contributed by atoms with Gasteiger partial charge in [0.15, 0.2) is 5.69 Å². The van der Waals surface area contributed by atoms with E-state index in [-0.39, 0.29) is 12.3 Å². The molecule has 0 aliphatic carbocycles. The number of esters is 1. The summed E-state index contributed by atoms with van der Waals surface area (Å²) in [4.78, 5) is 11.8. The summed E-state index contributed by atoms with van der Waals surface area (Å²) in [5.41, 5.74) is 1.71. The predicted octanol–water partition coefficient (Wildman–Crippen LogP) is 2.05. The number of aromatic nitrogens is 3. The van der Waals surface area contributed by atoms with Crippen molar-refractivity contribution in [1.82, 2.24) is 15.0 Å². The molecule has 20 heavy (non-hydrogen) atoms. The van der Waals surface area contributed by atoms with E-state index in [2.05, 4.69) is 10.3 Å². The molecule has 104 valence electrons. The van der Waals surface area contributed by atoms with Gasteiger partial charge in [-0.15, -0.1) is 5.10 Å². The average molecular weight is 294 g/mol. The number of carbonyl (C=O) groups excluding carboxylic acids is 1. The van der Waals surface area contributed by atoms with Crippen LogP contribution in [0.25, 0.3) is 0 Å². The van der Waals surface area contributed by atoms with E-state index in [1.807, 2.05) is 12.1 Å². The molecule has 1 aliphatic heterocycles. The second-order valence-electron chi connectivity index (χ2n) is 4.30. The van der Waals surface area contributed by atoms with Crippen LogP contribution in [0.2, 0.25) is 5.02 Å². The van der Waals surface area contributed by atoms with Crippen LogP contribution in [0.3, 0.4) is 0 Å². The largest absolute Gasteiger partial charge is 0.487 e. The molecule has 0 amide bonds. The van der Waals surface area contributed by atoms with Gasteiger partial charge < -0.3 is 9.47 Å². The Morgan fingerprint density at radius 3 is 3.20 bits per heavy atom. The van der Waals surface area contributed by atoms with Gasteiger partial charge in [-0.25, -0.2) is 9.48 Å². The molecule has 1 aromatic carbocycles. The fourth-order valence-corrected chi connectivity index (χ4v) is 2.28. The number of benzene rings is 1. The Balaban J connectivity index is 1.97. The minimum atomic E-state index is -0.485. The Kier molecular flexibility index (Phi) is 3.31. The van der Waals surface area contributed by atoms with Gasteiger partial charge in [-0.3, -0.25) is 0 Å². The van der Waals surface area contributed by atoms with E-state index in [1.54, 1.807) is 17.7 Å². The standard InChI is InChI=1S/C13H12ClN3O3/c1-2-19-13(18)12-10-7-20-11-4-3-9(14)5-8(11)6-17(10)16-15-12/h3-5H,2,6-7H2,1H3. The molecule has 0 spiro atoms. The zero-order chi connectivity index (χ0) is 14.1. The Hall–Kier alpha value is -2.08. The number of hydrogen-bond donors (Lipinski definition) is 0. The van der Waals surface area contributed by atoms with Crippen LogP contribution < -0.4 is 4.74 Å². The minimum absolute atomic E-state index is 0.200. The maximum atomic E-state index is 11.8. The normalized spacial score (nSPS) is 12.9.